The van der Waals surface area contributed by atoms with E-state index in [9.17, 15) is 0 Å². The van der Waals surface area contributed by atoms with Crippen LogP contribution in [0.2, 0.25) is 0 Å². The van der Waals surface area contributed by atoms with Crippen molar-refractivity contribution >= 4 is 5.95 Å². The van der Waals surface area contributed by atoms with E-state index in [1.54, 1.807) is 12.3 Å². The molecule has 1 fully saturated rings. The Balaban J connectivity index is 2.01. The van der Waals surface area contributed by atoms with Gasteiger partial charge in [0.25, 0.3) is 0 Å². The molecule has 1 saturated carbocycles. The van der Waals surface area contributed by atoms with Crippen molar-refractivity contribution < 1.29 is 4.74 Å². The Kier molecular flexibility index (Phi) is 3.56. The Bertz CT molecular complexity index is 345. The summed E-state index contributed by atoms with van der Waals surface area (Å²) in [5.41, 5.74) is 2.41. The number of ether oxygens (including phenoxy) is 1. The molecular formula is C11H18N4O. The Morgan fingerprint density at radius 2 is 2.25 bits per heavy atom. The summed E-state index contributed by atoms with van der Waals surface area (Å²) >= 11 is 0. The van der Waals surface area contributed by atoms with Crippen molar-refractivity contribution in [3.05, 3.63) is 12.3 Å². The lowest BCUT2D eigenvalue weighted by Crippen LogP contribution is -2.28. The number of nitrogens with two attached hydrogens (primary N) is 1. The Morgan fingerprint density at radius 3 is 3.00 bits per heavy atom. The topological polar surface area (TPSA) is 73.1 Å². The Labute approximate surface area is 95.4 Å². The van der Waals surface area contributed by atoms with Crippen LogP contribution in [-0.4, -0.2) is 16.1 Å². The van der Waals surface area contributed by atoms with Crippen molar-refractivity contribution in [3.8, 4) is 5.88 Å². The summed E-state index contributed by atoms with van der Waals surface area (Å²) in [6.07, 6.45) is 6.80. The van der Waals surface area contributed by atoms with E-state index in [-0.39, 0.29) is 6.10 Å². The highest BCUT2D eigenvalue weighted by molar-refractivity contribution is 5.25. The summed E-state index contributed by atoms with van der Waals surface area (Å²) in [5.74, 6) is 6.83. The molecule has 1 aromatic rings. The fraction of sp³-hybridized carbons (Fsp3) is 0.636. The molecule has 0 aromatic carbocycles. The fourth-order valence-electron chi connectivity index (χ4n) is 2.09. The molecule has 16 heavy (non-hydrogen) atoms. The zero-order valence-corrected chi connectivity index (χ0v) is 9.52. The lowest BCUT2D eigenvalue weighted by Gasteiger charge is -2.28. The zero-order chi connectivity index (χ0) is 11.4. The van der Waals surface area contributed by atoms with Gasteiger partial charge in [0, 0.05) is 12.3 Å². The molecule has 88 valence electrons. The Hall–Kier alpha value is -1.36. The van der Waals surface area contributed by atoms with Crippen LogP contribution in [0.3, 0.4) is 0 Å². The number of hydrazine groups is 1. The van der Waals surface area contributed by atoms with E-state index in [1.807, 2.05) is 0 Å². The fourth-order valence-corrected chi connectivity index (χ4v) is 2.09. The van der Waals surface area contributed by atoms with Gasteiger partial charge < -0.3 is 4.74 Å². The van der Waals surface area contributed by atoms with Gasteiger partial charge in [-0.05, 0) is 25.2 Å². The van der Waals surface area contributed by atoms with E-state index in [4.69, 9.17) is 10.6 Å². The second kappa shape index (κ2) is 5.12. The Morgan fingerprint density at radius 1 is 1.44 bits per heavy atom. The smallest absolute Gasteiger partial charge is 0.240 e. The van der Waals surface area contributed by atoms with E-state index in [2.05, 4.69) is 22.3 Å². The van der Waals surface area contributed by atoms with Crippen LogP contribution in [0, 0.1) is 5.92 Å². The molecule has 0 spiro atoms. The molecule has 1 aliphatic carbocycles. The molecule has 0 bridgehead atoms. The first kappa shape index (κ1) is 11.1. The number of hydrogen-bond acceptors (Lipinski definition) is 5. The van der Waals surface area contributed by atoms with Gasteiger partial charge >= 0.3 is 0 Å². The normalized spacial score (nSPS) is 25.1. The van der Waals surface area contributed by atoms with Crippen LogP contribution in [0.1, 0.15) is 32.6 Å². The number of nitrogens with one attached hydrogen (secondary N) is 1. The van der Waals surface area contributed by atoms with Gasteiger partial charge in [-0.2, -0.15) is 4.98 Å². The summed E-state index contributed by atoms with van der Waals surface area (Å²) < 4.78 is 5.86. The highest BCUT2D eigenvalue weighted by Crippen LogP contribution is 2.27. The highest BCUT2D eigenvalue weighted by atomic mass is 16.5. The van der Waals surface area contributed by atoms with Crippen LogP contribution in [0.25, 0.3) is 0 Å². The average molecular weight is 222 g/mol. The van der Waals surface area contributed by atoms with Gasteiger partial charge in [-0.15, -0.1) is 0 Å². The van der Waals surface area contributed by atoms with E-state index in [0.717, 1.165) is 6.42 Å². The molecule has 2 unspecified atom stereocenters. The van der Waals surface area contributed by atoms with Crippen LogP contribution in [-0.2, 0) is 0 Å². The standard InChI is InChI=1S/C11H18N4O/c1-8-4-2-3-5-9(8)16-10-6-7-13-11(14-10)15-12/h6-9H,2-5,12H2,1H3,(H,13,14,15). The molecule has 3 N–H and O–H groups in total. The number of nitrogen functional groups attached to an aromatic ring is 1. The number of aromatic nitrogens is 2. The van der Waals surface area contributed by atoms with E-state index < -0.39 is 0 Å². The summed E-state index contributed by atoms with van der Waals surface area (Å²) in [6, 6.07) is 1.77. The first-order chi connectivity index (χ1) is 7.79. The molecule has 2 atom stereocenters. The van der Waals surface area contributed by atoms with Gasteiger partial charge in [0.1, 0.15) is 6.10 Å². The largest absolute Gasteiger partial charge is 0.474 e. The zero-order valence-electron chi connectivity index (χ0n) is 9.52. The van der Waals surface area contributed by atoms with Gasteiger partial charge in [-0.1, -0.05) is 13.3 Å². The minimum atomic E-state index is 0.272. The van der Waals surface area contributed by atoms with Crippen LogP contribution < -0.4 is 16.0 Å². The molecule has 0 saturated heterocycles. The molecular weight excluding hydrogens is 204 g/mol. The van der Waals surface area contributed by atoms with Crippen molar-refractivity contribution in [3.63, 3.8) is 0 Å². The van der Waals surface area contributed by atoms with E-state index >= 15 is 0 Å². The molecule has 5 nitrogen and oxygen atoms in total. The second-order valence-corrected chi connectivity index (χ2v) is 4.28. The van der Waals surface area contributed by atoms with Gasteiger partial charge in [0.05, 0.1) is 0 Å². The third kappa shape index (κ3) is 2.61. The van der Waals surface area contributed by atoms with Crippen molar-refractivity contribution in [1.82, 2.24) is 9.97 Å². The number of hydrogen-bond donors (Lipinski definition) is 2. The maximum absolute atomic E-state index is 5.86. The SMILES string of the molecule is CC1CCCCC1Oc1ccnc(NN)n1. The molecule has 2 rings (SSSR count). The molecule has 0 radical (unpaired) electrons. The van der Waals surface area contributed by atoms with Gasteiger partial charge in [-0.25, -0.2) is 10.8 Å². The van der Waals surface area contributed by atoms with Crippen molar-refractivity contribution in [2.24, 2.45) is 11.8 Å². The first-order valence-electron chi connectivity index (χ1n) is 5.76. The van der Waals surface area contributed by atoms with Crippen LogP contribution >= 0.6 is 0 Å². The number of rotatable bonds is 3. The van der Waals surface area contributed by atoms with Crippen LogP contribution in [0.15, 0.2) is 12.3 Å². The lowest BCUT2D eigenvalue weighted by molar-refractivity contribution is 0.0976. The van der Waals surface area contributed by atoms with Crippen LogP contribution in [0.5, 0.6) is 5.88 Å². The van der Waals surface area contributed by atoms with Crippen molar-refractivity contribution in [2.45, 2.75) is 38.7 Å². The molecule has 1 heterocycles. The van der Waals surface area contributed by atoms with Gasteiger partial charge in [-0.3, -0.25) is 5.43 Å². The minimum absolute atomic E-state index is 0.272. The summed E-state index contributed by atoms with van der Waals surface area (Å²) in [5, 5.41) is 0. The molecule has 0 aliphatic heterocycles. The molecule has 1 aliphatic rings. The second-order valence-electron chi connectivity index (χ2n) is 4.28. The lowest BCUT2D eigenvalue weighted by atomic mass is 9.88. The summed E-state index contributed by atoms with van der Waals surface area (Å²) in [7, 11) is 0. The predicted molar refractivity (Wildman–Crippen MR) is 61.9 cm³/mol. The van der Waals surface area contributed by atoms with Gasteiger partial charge in [0.2, 0.25) is 11.8 Å². The number of nitrogens with zero attached hydrogens (tertiary/aromatic N) is 2. The molecule has 0 amide bonds. The van der Waals surface area contributed by atoms with Gasteiger partial charge in [0.15, 0.2) is 0 Å². The average Bonchev–Trinajstić information content (AvgIpc) is 2.32. The third-order valence-corrected chi connectivity index (χ3v) is 3.06. The van der Waals surface area contributed by atoms with E-state index in [1.165, 1.54) is 19.3 Å². The minimum Gasteiger partial charge on any atom is -0.474 e. The molecule has 5 heteroatoms. The maximum atomic E-state index is 5.86. The number of anilines is 1. The monoisotopic (exact) mass is 222 g/mol. The highest BCUT2D eigenvalue weighted by Gasteiger charge is 2.23. The quantitative estimate of drug-likeness (QED) is 0.601. The maximum Gasteiger partial charge on any atom is 0.240 e. The van der Waals surface area contributed by atoms with E-state index in [0.29, 0.717) is 17.7 Å². The predicted octanol–water partition coefficient (Wildman–Crippen LogP) is 1.72. The summed E-state index contributed by atoms with van der Waals surface area (Å²) in [4.78, 5) is 8.09. The third-order valence-electron chi connectivity index (χ3n) is 3.06. The van der Waals surface area contributed by atoms with Crippen molar-refractivity contribution in [1.29, 1.82) is 0 Å². The first-order valence-corrected chi connectivity index (χ1v) is 5.76. The summed E-state index contributed by atoms with van der Waals surface area (Å²) in [6.45, 7) is 2.23. The van der Waals surface area contributed by atoms with Crippen molar-refractivity contribution in [2.75, 3.05) is 5.43 Å². The molecule has 1 aromatic heterocycles. The van der Waals surface area contributed by atoms with Crippen LogP contribution in [0.4, 0.5) is 5.95 Å².